The summed E-state index contributed by atoms with van der Waals surface area (Å²) in [7, 11) is 0. The first-order chi connectivity index (χ1) is 13.1. The molecule has 1 spiro atoms. The standard InChI is InChI=1S/C20H26Cl2N2O3/c21-17-2-1-3-18(22)16(17)14-23-6-4-20(5-7-23)12-15(27-19(20)25)13-24-8-10-26-11-9-24/h1-3,15H,4-14H2. The summed E-state index contributed by atoms with van der Waals surface area (Å²) >= 11 is 12.6. The number of hydrogen-bond donors (Lipinski definition) is 0. The lowest BCUT2D eigenvalue weighted by molar-refractivity contribution is -0.151. The number of cyclic esters (lactones) is 1. The Morgan fingerprint density at radius 2 is 1.70 bits per heavy atom. The Morgan fingerprint density at radius 1 is 1.04 bits per heavy atom. The molecule has 1 atom stereocenters. The van der Waals surface area contributed by atoms with Crippen molar-refractivity contribution in [1.82, 2.24) is 9.80 Å². The number of nitrogens with zero attached hydrogens (tertiary/aromatic N) is 2. The third-order valence-electron chi connectivity index (χ3n) is 6.15. The number of likely N-dealkylation sites (tertiary alicyclic amines) is 1. The van der Waals surface area contributed by atoms with Crippen LogP contribution in [0.3, 0.4) is 0 Å². The van der Waals surface area contributed by atoms with Crippen LogP contribution < -0.4 is 0 Å². The smallest absolute Gasteiger partial charge is 0.312 e. The normalized spacial score (nSPS) is 26.4. The van der Waals surface area contributed by atoms with Crippen LogP contribution in [0.2, 0.25) is 10.0 Å². The number of hydrogen-bond acceptors (Lipinski definition) is 5. The summed E-state index contributed by atoms with van der Waals surface area (Å²) in [5.41, 5.74) is 0.661. The second-order valence-corrected chi connectivity index (χ2v) is 8.72. The van der Waals surface area contributed by atoms with Gasteiger partial charge < -0.3 is 9.47 Å². The lowest BCUT2D eigenvalue weighted by Gasteiger charge is -2.37. The summed E-state index contributed by atoms with van der Waals surface area (Å²) in [6, 6.07) is 5.61. The number of carbonyl (C=O) groups excluding carboxylic acids is 1. The van der Waals surface area contributed by atoms with Gasteiger partial charge in [0, 0.05) is 48.2 Å². The molecular formula is C20H26Cl2N2O3. The average Bonchev–Trinajstić information content (AvgIpc) is 2.95. The van der Waals surface area contributed by atoms with E-state index >= 15 is 0 Å². The van der Waals surface area contributed by atoms with Gasteiger partial charge in [0.2, 0.25) is 0 Å². The maximum Gasteiger partial charge on any atom is 0.312 e. The molecule has 3 aliphatic rings. The van der Waals surface area contributed by atoms with Crippen molar-refractivity contribution in [2.24, 2.45) is 5.41 Å². The van der Waals surface area contributed by atoms with Crippen LogP contribution in [0.15, 0.2) is 18.2 Å². The molecule has 5 nitrogen and oxygen atoms in total. The Balaban J connectivity index is 1.33. The van der Waals surface area contributed by atoms with E-state index in [2.05, 4.69) is 9.80 Å². The maximum atomic E-state index is 12.7. The van der Waals surface area contributed by atoms with Crippen LogP contribution in [-0.2, 0) is 20.8 Å². The largest absolute Gasteiger partial charge is 0.461 e. The third-order valence-corrected chi connectivity index (χ3v) is 6.86. The minimum absolute atomic E-state index is 0.00353. The molecule has 1 aromatic rings. The topological polar surface area (TPSA) is 42.0 Å². The quantitative estimate of drug-likeness (QED) is 0.710. The molecule has 0 aromatic heterocycles. The van der Waals surface area contributed by atoms with Crippen LogP contribution in [0.25, 0.3) is 0 Å². The van der Waals surface area contributed by atoms with E-state index in [1.165, 1.54) is 0 Å². The average molecular weight is 413 g/mol. The first kappa shape index (κ1) is 19.5. The van der Waals surface area contributed by atoms with E-state index in [4.69, 9.17) is 32.7 Å². The van der Waals surface area contributed by atoms with Crippen molar-refractivity contribution in [3.05, 3.63) is 33.8 Å². The maximum absolute atomic E-state index is 12.7. The van der Waals surface area contributed by atoms with Crippen LogP contribution >= 0.6 is 23.2 Å². The minimum Gasteiger partial charge on any atom is -0.461 e. The highest BCUT2D eigenvalue weighted by Gasteiger charge is 2.50. The SMILES string of the molecule is O=C1OC(CN2CCOCC2)CC12CCN(Cc1c(Cl)cccc1Cl)CC2. The zero-order valence-electron chi connectivity index (χ0n) is 15.5. The number of piperidine rings is 1. The summed E-state index contributed by atoms with van der Waals surface area (Å²) in [5, 5.41) is 1.40. The minimum atomic E-state index is -0.308. The first-order valence-electron chi connectivity index (χ1n) is 9.72. The summed E-state index contributed by atoms with van der Waals surface area (Å²) in [4.78, 5) is 17.3. The van der Waals surface area contributed by atoms with Gasteiger partial charge in [0.05, 0.1) is 18.6 Å². The Morgan fingerprint density at radius 3 is 2.37 bits per heavy atom. The molecule has 0 aliphatic carbocycles. The predicted octanol–water partition coefficient (Wildman–Crippen LogP) is 3.22. The zero-order chi connectivity index (χ0) is 18.9. The van der Waals surface area contributed by atoms with Crippen LogP contribution in [-0.4, -0.2) is 67.8 Å². The second-order valence-electron chi connectivity index (χ2n) is 7.90. The fraction of sp³-hybridized carbons (Fsp3) is 0.650. The molecule has 0 amide bonds. The van der Waals surface area contributed by atoms with Crippen molar-refractivity contribution < 1.29 is 14.3 Å². The van der Waals surface area contributed by atoms with Gasteiger partial charge in [-0.15, -0.1) is 0 Å². The van der Waals surface area contributed by atoms with Gasteiger partial charge in [-0.2, -0.15) is 0 Å². The molecule has 3 saturated heterocycles. The second kappa shape index (κ2) is 8.26. The van der Waals surface area contributed by atoms with Crippen LogP contribution in [0.1, 0.15) is 24.8 Å². The molecular weight excluding hydrogens is 387 g/mol. The molecule has 0 saturated carbocycles. The Kier molecular flexibility index (Phi) is 5.95. The number of esters is 1. The van der Waals surface area contributed by atoms with Gasteiger partial charge in [-0.3, -0.25) is 14.6 Å². The molecule has 27 heavy (non-hydrogen) atoms. The molecule has 3 heterocycles. The molecule has 0 bridgehead atoms. The molecule has 1 aromatic carbocycles. The van der Waals surface area contributed by atoms with E-state index in [0.717, 1.165) is 77.3 Å². The molecule has 4 rings (SSSR count). The highest BCUT2D eigenvalue weighted by atomic mass is 35.5. The van der Waals surface area contributed by atoms with Crippen molar-refractivity contribution in [2.45, 2.75) is 31.9 Å². The number of carbonyl (C=O) groups is 1. The van der Waals surface area contributed by atoms with Crippen LogP contribution in [0, 0.1) is 5.41 Å². The summed E-state index contributed by atoms with van der Waals surface area (Å²) in [6.45, 7) is 6.66. The third kappa shape index (κ3) is 4.28. The number of morpholine rings is 1. The molecule has 0 radical (unpaired) electrons. The van der Waals surface area contributed by atoms with Gasteiger partial charge in [0.15, 0.2) is 0 Å². The summed E-state index contributed by atoms with van der Waals surface area (Å²) < 4.78 is 11.2. The Hall–Kier alpha value is -0.850. The monoisotopic (exact) mass is 412 g/mol. The van der Waals surface area contributed by atoms with E-state index in [1.54, 1.807) is 0 Å². The first-order valence-corrected chi connectivity index (χ1v) is 10.5. The van der Waals surface area contributed by atoms with Crippen molar-refractivity contribution in [3.63, 3.8) is 0 Å². The van der Waals surface area contributed by atoms with Gasteiger partial charge >= 0.3 is 5.97 Å². The Bertz CT molecular complexity index is 666. The van der Waals surface area contributed by atoms with E-state index in [0.29, 0.717) is 10.0 Å². The van der Waals surface area contributed by atoms with Gasteiger partial charge in [-0.05, 0) is 38.1 Å². The summed E-state index contributed by atoms with van der Waals surface area (Å²) in [5.74, 6) is -0.00353. The van der Waals surface area contributed by atoms with Crippen molar-refractivity contribution in [1.29, 1.82) is 0 Å². The molecule has 1 unspecified atom stereocenters. The van der Waals surface area contributed by atoms with E-state index in [-0.39, 0.29) is 17.5 Å². The van der Waals surface area contributed by atoms with Crippen LogP contribution in [0.4, 0.5) is 0 Å². The highest BCUT2D eigenvalue weighted by Crippen LogP contribution is 2.43. The van der Waals surface area contributed by atoms with Crippen molar-refractivity contribution in [3.8, 4) is 0 Å². The fourth-order valence-electron chi connectivity index (χ4n) is 4.47. The van der Waals surface area contributed by atoms with Crippen molar-refractivity contribution >= 4 is 29.2 Å². The van der Waals surface area contributed by atoms with E-state index in [1.807, 2.05) is 18.2 Å². The van der Waals surface area contributed by atoms with Crippen LogP contribution in [0.5, 0.6) is 0 Å². The van der Waals surface area contributed by atoms with Gasteiger partial charge in [-0.25, -0.2) is 0 Å². The number of halogens is 2. The number of rotatable bonds is 4. The van der Waals surface area contributed by atoms with Crippen molar-refractivity contribution in [2.75, 3.05) is 45.9 Å². The lowest BCUT2D eigenvalue weighted by Crippen LogP contribution is -2.43. The predicted molar refractivity (Wildman–Crippen MR) is 105 cm³/mol. The van der Waals surface area contributed by atoms with Gasteiger partial charge in [-0.1, -0.05) is 29.3 Å². The fourth-order valence-corrected chi connectivity index (χ4v) is 4.98. The van der Waals surface area contributed by atoms with E-state index in [9.17, 15) is 4.79 Å². The highest BCUT2D eigenvalue weighted by molar-refractivity contribution is 6.35. The number of benzene rings is 1. The Labute approximate surface area is 170 Å². The zero-order valence-corrected chi connectivity index (χ0v) is 17.0. The molecule has 148 valence electrons. The molecule has 3 fully saturated rings. The molecule has 0 N–H and O–H groups in total. The van der Waals surface area contributed by atoms with E-state index < -0.39 is 0 Å². The molecule has 3 aliphatic heterocycles. The van der Waals surface area contributed by atoms with Gasteiger partial charge in [0.25, 0.3) is 0 Å². The van der Waals surface area contributed by atoms with Gasteiger partial charge in [0.1, 0.15) is 6.10 Å². The number of ether oxygens (including phenoxy) is 2. The lowest BCUT2D eigenvalue weighted by atomic mass is 9.76. The molecule has 7 heteroatoms. The summed E-state index contributed by atoms with van der Waals surface area (Å²) in [6.07, 6.45) is 2.53.